The maximum atomic E-state index is 6.29. The summed E-state index contributed by atoms with van der Waals surface area (Å²) in [5.74, 6) is 0.430. The highest BCUT2D eigenvalue weighted by atomic mass is 35.5. The molecule has 0 aliphatic heterocycles. The first-order valence-electron chi connectivity index (χ1n) is 6.02. The van der Waals surface area contributed by atoms with Crippen molar-refractivity contribution in [3.8, 4) is 5.69 Å². The minimum absolute atomic E-state index is 0.111. The zero-order chi connectivity index (χ0) is 14.4. The molecular formula is C13H13ClN6. The molecule has 0 atom stereocenters. The number of halogens is 1. The number of aromatic nitrogens is 4. The van der Waals surface area contributed by atoms with Crippen LogP contribution < -0.4 is 11.5 Å². The number of hydrogen-bond donors (Lipinski definition) is 2. The molecule has 0 aliphatic carbocycles. The Morgan fingerprint density at radius 1 is 1.15 bits per heavy atom. The van der Waals surface area contributed by atoms with Gasteiger partial charge in [-0.15, -0.1) is 0 Å². The largest absolute Gasteiger partial charge is 0.383 e. The van der Waals surface area contributed by atoms with Crippen molar-refractivity contribution in [3.05, 3.63) is 34.5 Å². The maximum Gasteiger partial charge on any atom is 0.224 e. The standard InChI is InChI=1S/C13H13ClN6/c1-6-3-4-9(8(14)5-6)20-12-10(7(2)19-20)11(15)17-13(16)18-12/h3-5H,1-2H3,(H4,15,16,17,18). The topological polar surface area (TPSA) is 95.6 Å². The fourth-order valence-electron chi connectivity index (χ4n) is 2.18. The molecule has 3 rings (SSSR count). The molecule has 0 bridgehead atoms. The molecular weight excluding hydrogens is 276 g/mol. The summed E-state index contributed by atoms with van der Waals surface area (Å²) in [6.45, 7) is 3.82. The van der Waals surface area contributed by atoms with Gasteiger partial charge >= 0.3 is 0 Å². The van der Waals surface area contributed by atoms with Crippen molar-refractivity contribution < 1.29 is 0 Å². The van der Waals surface area contributed by atoms with Crippen molar-refractivity contribution in [1.82, 2.24) is 19.7 Å². The van der Waals surface area contributed by atoms with Gasteiger partial charge in [0.05, 0.1) is 21.8 Å². The molecule has 2 heterocycles. The van der Waals surface area contributed by atoms with E-state index in [1.54, 1.807) is 4.68 Å². The number of anilines is 2. The van der Waals surface area contributed by atoms with E-state index < -0.39 is 0 Å². The second kappa shape index (κ2) is 4.35. The van der Waals surface area contributed by atoms with Gasteiger partial charge in [-0.3, -0.25) is 0 Å². The van der Waals surface area contributed by atoms with Crippen LogP contribution in [-0.2, 0) is 0 Å². The lowest BCUT2D eigenvalue weighted by Crippen LogP contribution is -2.03. The Balaban J connectivity index is 2.37. The van der Waals surface area contributed by atoms with Crippen LogP contribution in [0.5, 0.6) is 0 Å². The van der Waals surface area contributed by atoms with Crippen molar-refractivity contribution in [2.24, 2.45) is 0 Å². The van der Waals surface area contributed by atoms with Crippen molar-refractivity contribution in [1.29, 1.82) is 0 Å². The van der Waals surface area contributed by atoms with E-state index in [1.807, 2.05) is 32.0 Å². The highest BCUT2D eigenvalue weighted by molar-refractivity contribution is 6.32. The zero-order valence-corrected chi connectivity index (χ0v) is 11.8. The molecule has 7 heteroatoms. The van der Waals surface area contributed by atoms with Gasteiger partial charge in [0.25, 0.3) is 0 Å². The quantitative estimate of drug-likeness (QED) is 0.716. The fraction of sp³-hybridized carbons (Fsp3) is 0.154. The molecule has 20 heavy (non-hydrogen) atoms. The summed E-state index contributed by atoms with van der Waals surface area (Å²) in [5.41, 5.74) is 14.6. The third kappa shape index (κ3) is 1.85. The van der Waals surface area contributed by atoms with E-state index in [9.17, 15) is 0 Å². The average Bonchev–Trinajstić information content (AvgIpc) is 2.66. The molecule has 0 aliphatic rings. The molecule has 0 spiro atoms. The highest BCUT2D eigenvalue weighted by Gasteiger charge is 2.16. The van der Waals surface area contributed by atoms with Gasteiger partial charge in [-0.2, -0.15) is 15.1 Å². The summed E-state index contributed by atoms with van der Waals surface area (Å²) < 4.78 is 1.64. The maximum absolute atomic E-state index is 6.29. The Labute approximate surface area is 120 Å². The van der Waals surface area contributed by atoms with E-state index in [4.69, 9.17) is 23.1 Å². The third-order valence-corrected chi connectivity index (χ3v) is 3.38. The first-order chi connectivity index (χ1) is 9.47. The van der Waals surface area contributed by atoms with Gasteiger partial charge in [0.2, 0.25) is 5.95 Å². The average molecular weight is 289 g/mol. The second-order valence-corrected chi connectivity index (χ2v) is 5.02. The first kappa shape index (κ1) is 12.7. The SMILES string of the molecule is Cc1ccc(-n2nc(C)c3c(N)nc(N)nc32)c(Cl)c1. The van der Waals surface area contributed by atoms with Gasteiger partial charge in [-0.25, -0.2) is 4.68 Å². The number of nitrogens with zero attached hydrogens (tertiary/aromatic N) is 4. The van der Waals surface area contributed by atoms with Crippen molar-refractivity contribution >= 4 is 34.4 Å². The molecule has 0 saturated carbocycles. The Morgan fingerprint density at radius 2 is 1.90 bits per heavy atom. The van der Waals surface area contributed by atoms with E-state index in [0.717, 1.165) is 16.9 Å². The van der Waals surface area contributed by atoms with E-state index in [-0.39, 0.29) is 5.95 Å². The highest BCUT2D eigenvalue weighted by Crippen LogP contribution is 2.28. The Bertz CT molecular complexity index is 823. The van der Waals surface area contributed by atoms with Crippen molar-refractivity contribution in [3.63, 3.8) is 0 Å². The lowest BCUT2D eigenvalue weighted by Gasteiger charge is -2.06. The molecule has 1 aromatic carbocycles. The number of benzene rings is 1. The molecule has 0 unspecified atom stereocenters. The predicted octanol–water partition coefficient (Wildman–Crippen LogP) is 2.25. The molecule has 4 N–H and O–H groups in total. The van der Waals surface area contributed by atoms with Gasteiger partial charge in [-0.1, -0.05) is 17.7 Å². The van der Waals surface area contributed by atoms with Crippen molar-refractivity contribution in [2.75, 3.05) is 11.5 Å². The van der Waals surface area contributed by atoms with Gasteiger partial charge in [0.1, 0.15) is 5.82 Å². The first-order valence-corrected chi connectivity index (χ1v) is 6.40. The van der Waals surface area contributed by atoms with Crippen LogP contribution in [0.4, 0.5) is 11.8 Å². The monoisotopic (exact) mass is 288 g/mol. The Kier molecular flexibility index (Phi) is 2.76. The van der Waals surface area contributed by atoms with Crippen molar-refractivity contribution in [2.45, 2.75) is 13.8 Å². The van der Waals surface area contributed by atoms with Gasteiger partial charge in [0.15, 0.2) is 5.65 Å². The second-order valence-electron chi connectivity index (χ2n) is 4.62. The predicted molar refractivity (Wildman–Crippen MR) is 80.0 cm³/mol. The minimum atomic E-state index is 0.111. The molecule has 0 radical (unpaired) electrons. The van der Waals surface area contributed by atoms with E-state index >= 15 is 0 Å². The number of fused-ring (bicyclic) bond motifs is 1. The molecule has 3 aromatic rings. The van der Waals surface area contributed by atoms with Gasteiger partial charge in [0, 0.05) is 0 Å². The lowest BCUT2D eigenvalue weighted by atomic mass is 10.2. The molecule has 2 aromatic heterocycles. The Hall–Kier alpha value is -2.34. The van der Waals surface area contributed by atoms with Crippen LogP contribution in [0, 0.1) is 13.8 Å². The van der Waals surface area contributed by atoms with E-state index in [2.05, 4.69) is 15.1 Å². The molecule has 0 amide bonds. The summed E-state index contributed by atoms with van der Waals surface area (Å²) in [6, 6.07) is 5.71. The minimum Gasteiger partial charge on any atom is -0.383 e. The normalized spacial score (nSPS) is 11.2. The molecule has 0 fully saturated rings. The van der Waals surface area contributed by atoms with E-state index in [1.165, 1.54) is 0 Å². The molecule has 6 nitrogen and oxygen atoms in total. The van der Waals surface area contributed by atoms with Crippen LogP contribution >= 0.6 is 11.6 Å². The molecule has 0 saturated heterocycles. The lowest BCUT2D eigenvalue weighted by molar-refractivity contribution is 0.877. The summed E-state index contributed by atoms with van der Waals surface area (Å²) in [5, 5.41) is 5.73. The van der Waals surface area contributed by atoms with Crippen LogP contribution in [0.25, 0.3) is 16.7 Å². The van der Waals surface area contributed by atoms with E-state index in [0.29, 0.717) is 21.9 Å². The fourth-order valence-corrected chi connectivity index (χ4v) is 2.50. The number of hydrogen-bond acceptors (Lipinski definition) is 5. The molecule has 102 valence electrons. The summed E-state index contributed by atoms with van der Waals surface area (Å²) in [6.07, 6.45) is 0. The summed E-state index contributed by atoms with van der Waals surface area (Å²) >= 11 is 6.29. The van der Waals surface area contributed by atoms with Gasteiger partial charge in [-0.05, 0) is 31.5 Å². The Morgan fingerprint density at radius 3 is 2.60 bits per heavy atom. The van der Waals surface area contributed by atoms with Crippen LogP contribution in [0.2, 0.25) is 5.02 Å². The third-order valence-electron chi connectivity index (χ3n) is 3.08. The number of rotatable bonds is 1. The van der Waals surface area contributed by atoms with Crippen LogP contribution in [0.1, 0.15) is 11.3 Å². The van der Waals surface area contributed by atoms with Crippen LogP contribution in [0.3, 0.4) is 0 Å². The summed E-state index contributed by atoms with van der Waals surface area (Å²) in [4.78, 5) is 8.19. The van der Waals surface area contributed by atoms with Crippen LogP contribution in [0.15, 0.2) is 18.2 Å². The summed E-state index contributed by atoms with van der Waals surface area (Å²) in [7, 11) is 0. The number of aryl methyl sites for hydroxylation is 2. The number of nitrogens with two attached hydrogens (primary N) is 2. The van der Waals surface area contributed by atoms with Crippen LogP contribution in [-0.4, -0.2) is 19.7 Å². The zero-order valence-electron chi connectivity index (χ0n) is 11.1. The smallest absolute Gasteiger partial charge is 0.224 e. The van der Waals surface area contributed by atoms with Gasteiger partial charge < -0.3 is 11.5 Å². The number of nitrogen functional groups attached to an aromatic ring is 2.